The largest absolute Gasteiger partial charge is 0.504 e. The number of hydrogen-bond acceptors (Lipinski definition) is 9. The molecule has 0 atom stereocenters. The zero-order chi connectivity index (χ0) is 23.3. The van der Waals surface area contributed by atoms with E-state index in [0.717, 1.165) is 5.41 Å². The lowest BCUT2D eigenvalue weighted by molar-refractivity contribution is 0.428. The van der Waals surface area contributed by atoms with Gasteiger partial charge in [0.2, 0.25) is 0 Å². The van der Waals surface area contributed by atoms with Gasteiger partial charge >= 0.3 is 20.2 Å². The summed E-state index contributed by atoms with van der Waals surface area (Å²) >= 11 is 0. The molecule has 0 amide bonds. The Bertz CT molecular complexity index is 1260. The van der Waals surface area contributed by atoms with Crippen LogP contribution < -0.4 is 8.37 Å². The average Bonchev–Trinajstić information content (AvgIpc) is 2.69. The first-order chi connectivity index (χ1) is 14.3. The van der Waals surface area contributed by atoms with Crippen LogP contribution in [0.4, 0.5) is 0 Å². The second-order valence-corrected chi connectivity index (χ2v) is 11.9. The van der Waals surface area contributed by atoms with E-state index in [9.17, 15) is 30.4 Å². The van der Waals surface area contributed by atoms with Gasteiger partial charge in [0.25, 0.3) is 0 Å². The molecule has 0 aliphatic rings. The van der Waals surface area contributed by atoms with Crippen LogP contribution in [0.2, 0.25) is 0 Å². The lowest BCUT2D eigenvalue weighted by Crippen LogP contribution is -2.11. The van der Waals surface area contributed by atoms with E-state index in [2.05, 4.69) is 0 Å². The van der Waals surface area contributed by atoms with Crippen LogP contribution in [0.5, 0.6) is 17.2 Å². The van der Waals surface area contributed by atoms with Crippen LogP contribution in [0.25, 0.3) is 6.08 Å². The number of sulfone groups is 1. The highest BCUT2D eigenvalue weighted by Gasteiger charge is 2.14. The van der Waals surface area contributed by atoms with Crippen LogP contribution in [-0.4, -0.2) is 41.9 Å². The number of phenolic OH excluding ortho intramolecular Hbond substituents is 1. The minimum atomic E-state index is -3.81. The molecule has 0 saturated carbocycles. The van der Waals surface area contributed by atoms with E-state index < -0.39 is 35.8 Å². The fourth-order valence-corrected chi connectivity index (χ4v) is 4.39. The summed E-state index contributed by atoms with van der Waals surface area (Å²) in [5, 5.41) is 10.9. The first kappa shape index (κ1) is 24.7. The van der Waals surface area contributed by atoms with Crippen molar-refractivity contribution in [3.63, 3.8) is 0 Å². The van der Waals surface area contributed by atoms with E-state index in [1.54, 1.807) is 0 Å². The van der Waals surface area contributed by atoms with E-state index >= 15 is 0 Å². The van der Waals surface area contributed by atoms with Crippen molar-refractivity contribution in [2.75, 3.05) is 11.5 Å². The van der Waals surface area contributed by atoms with Gasteiger partial charge in [0.1, 0.15) is 5.75 Å². The van der Waals surface area contributed by atoms with Crippen LogP contribution in [0.1, 0.15) is 25.0 Å². The van der Waals surface area contributed by atoms with Crippen LogP contribution in [-0.2, 0) is 35.8 Å². The summed E-state index contributed by atoms with van der Waals surface area (Å²) < 4.78 is 80.1. The summed E-state index contributed by atoms with van der Waals surface area (Å²) in [6.07, 6.45) is 1.25. The van der Waals surface area contributed by atoms with E-state index in [1.807, 2.05) is 0 Å². The molecule has 0 bridgehead atoms. The van der Waals surface area contributed by atoms with E-state index in [-0.39, 0.29) is 28.8 Å². The normalized spacial score (nSPS) is 12.7. The van der Waals surface area contributed by atoms with Crippen LogP contribution >= 0.6 is 0 Å². The van der Waals surface area contributed by atoms with Gasteiger partial charge in [0.05, 0.1) is 17.3 Å². The second kappa shape index (κ2) is 9.71. The Labute approximate surface area is 182 Å². The van der Waals surface area contributed by atoms with Crippen molar-refractivity contribution >= 4 is 36.1 Å². The highest BCUT2D eigenvalue weighted by atomic mass is 32.2. The molecule has 0 spiro atoms. The maximum atomic E-state index is 12.3. The van der Waals surface area contributed by atoms with E-state index in [4.69, 9.17) is 8.37 Å². The van der Waals surface area contributed by atoms with Crippen molar-refractivity contribution in [1.82, 2.24) is 0 Å². The van der Waals surface area contributed by atoms with Crippen LogP contribution in [0.15, 0.2) is 47.9 Å². The molecule has 0 radical (unpaired) electrons. The minimum absolute atomic E-state index is 0.0846. The molecule has 170 valence electrons. The Hall–Kier alpha value is -2.57. The molecule has 0 aromatic heterocycles. The minimum Gasteiger partial charge on any atom is -0.504 e. The third kappa shape index (κ3) is 7.89. The third-order valence-corrected chi connectivity index (χ3v) is 7.47. The van der Waals surface area contributed by atoms with Gasteiger partial charge in [-0.05, 0) is 55.3 Å². The molecule has 12 heteroatoms. The number of hydrogen-bond donors (Lipinski definition) is 1. The molecule has 0 aliphatic carbocycles. The van der Waals surface area contributed by atoms with E-state index in [1.165, 1.54) is 62.4 Å². The topological polar surface area (TPSA) is 141 Å². The molecule has 2 aromatic carbocycles. The van der Waals surface area contributed by atoms with E-state index in [0.29, 0.717) is 11.1 Å². The maximum absolute atomic E-state index is 12.3. The van der Waals surface area contributed by atoms with Gasteiger partial charge in [-0.3, -0.25) is 0 Å². The molecular weight excluding hydrogens is 468 g/mol. The molecule has 0 unspecified atom stereocenters. The Kier molecular flexibility index (Phi) is 7.73. The number of phenols is 1. The molecule has 0 saturated heterocycles. The van der Waals surface area contributed by atoms with Gasteiger partial charge in [0, 0.05) is 5.41 Å². The summed E-state index contributed by atoms with van der Waals surface area (Å²) in [5.74, 6) is -1.42. The third-order valence-electron chi connectivity index (χ3n) is 3.89. The summed E-state index contributed by atoms with van der Waals surface area (Å²) in [6, 6.07) is 9.40. The predicted octanol–water partition coefficient (Wildman–Crippen LogP) is 2.43. The number of aromatic hydroxyl groups is 1. The average molecular weight is 491 g/mol. The molecule has 0 aliphatic heterocycles. The quantitative estimate of drug-likeness (QED) is 0.497. The highest BCUT2D eigenvalue weighted by molar-refractivity contribution is 7.93. The molecule has 31 heavy (non-hydrogen) atoms. The van der Waals surface area contributed by atoms with Crippen LogP contribution in [0, 0.1) is 0 Å². The fraction of sp³-hybridized carbons (Fsp3) is 0.263. The van der Waals surface area contributed by atoms with Crippen molar-refractivity contribution in [3.8, 4) is 17.2 Å². The molecule has 0 fully saturated rings. The molecular formula is C19H22O9S3. The molecule has 9 nitrogen and oxygen atoms in total. The Morgan fingerprint density at radius 2 is 1.42 bits per heavy atom. The lowest BCUT2D eigenvalue weighted by Gasteiger charge is -2.07. The van der Waals surface area contributed by atoms with Gasteiger partial charge in [-0.15, -0.1) is 0 Å². The first-order valence-corrected chi connectivity index (χ1v) is 13.9. The van der Waals surface area contributed by atoms with Crippen molar-refractivity contribution in [2.24, 2.45) is 0 Å². The monoisotopic (exact) mass is 490 g/mol. The molecule has 0 heterocycles. The van der Waals surface area contributed by atoms with Crippen LogP contribution in [0.3, 0.4) is 0 Å². The zero-order valence-electron chi connectivity index (χ0n) is 16.8. The first-order valence-electron chi connectivity index (χ1n) is 9.02. The SMILES string of the molecule is CCS(=O)(=O)Oc1ccc(CS(=O)(=O)/C=C/c2ccc(OS(=O)(=O)CC)c(O)c2)cc1. The Morgan fingerprint density at radius 1 is 0.839 bits per heavy atom. The molecule has 1 N–H and O–H groups in total. The Morgan fingerprint density at radius 3 is 1.97 bits per heavy atom. The lowest BCUT2D eigenvalue weighted by atomic mass is 10.2. The summed E-state index contributed by atoms with van der Waals surface area (Å²) in [4.78, 5) is 0. The van der Waals surface area contributed by atoms with Gasteiger partial charge in [0.15, 0.2) is 21.3 Å². The van der Waals surface area contributed by atoms with Crippen molar-refractivity contribution < 1.29 is 38.7 Å². The number of rotatable bonds is 10. The van der Waals surface area contributed by atoms with Crippen molar-refractivity contribution in [2.45, 2.75) is 19.6 Å². The molecule has 2 rings (SSSR count). The summed E-state index contributed by atoms with van der Waals surface area (Å²) in [7, 11) is -11.2. The fourth-order valence-electron chi connectivity index (χ4n) is 2.21. The van der Waals surface area contributed by atoms with Gasteiger partial charge in [-0.1, -0.05) is 18.2 Å². The summed E-state index contributed by atoms with van der Waals surface area (Å²) in [5.41, 5.74) is 0.734. The van der Waals surface area contributed by atoms with Gasteiger partial charge in [-0.25, -0.2) is 8.42 Å². The van der Waals surface area contributed by atoms with Crippen molar-refractivity contribution in [1.29, 1.82) is 0 Å². The maximum Gasteiger partial charge on any atom is 0.309 e. The molecule has 2 aromatic rings. The summed E-state index contributed by atoms with van der Waals surface area (Å²) in [6.45, 7) is 2.83. The smallest absolute Gasteiger partial charge is 0.309 e. The predicted molar refractivity (Wildman–Crippen MR) is 116 cm³/mol. The standard InChI is InChI=1S/C19H22O9S3/c1-3-30(23,24)27-17-8-5-16(6-9-17)14-29(21,22)12-11-15-7-10-19(18(20)13-15)28-31(25,26)4-2/h5-13,20H,3-4,14H2,1-2H3/b12-11+. The zero-order valence-corrected chi connectivity index (χ0v) is 19.2. The Balaban J connectivity index is 2.09. The van der Waals surface area contributed by atoms with Crippen molar-refractivity contribution in [3.05, 3.63) is 59.0 Å². The van der Waals surface area contributed by atoms with Gasteiger partial charge in [-0.2, -0.15) is 16.8 Å². The second-order valence-electron chi connectivity index (χ2n) is 6.34. The highest BCUT2D eigenvalue weighted by Crippen LogP contribution is 2.29. The van der Waals surface area contributed by atoms with Gasteiger partial charge < -0.3 is 13.5 Å². The number of benzene rings is 2.